The van der Waals surface area contributed by atoms with E-state index >= 15 is 0 Å². The number of rotatable bonds is 0. The number of piperidine rings is 1. The van der Waals surface area contributed by atoms with Gasteiger partial charge in [-0.1, -0.05) is 0 Å². The molecule has 9 heavy (non-hydrogen) atoms. The molecule has 2 N–H and O–H groups in total. The predicted molar refractivity (Wildman–Crippen MR) is 37.4 cm³/mol. The lowest BCUT2D eigenvalue weighted by Gasteiger charge is -2.46. The predicted octanol–water partition coefficient (Wildman–Crippen LogP) is -0.0438. The van der Waals surface area contributed by atoms with Gasteiger partial charge in [-0.2, -0.15) is 0 Å². The second-order valence-corrected chi connectivity index (χ2v) is 3.23. The zero-order chi connectivity index (χ0) is 6.27. The van der Waals surface area contributed by atoms with Crippen molar-refractivity contribution in [2.75, 3.05) is 13.1 Å². The van der Waals surface area contributed by atoms with Crippen LogP contribution in [0.4, 0.5) is 0 Å². The second-order valence-electron chi connectivity index (χ2n) is 3.23. The van der Waals surface area contributed by atoms with Crippen LogP contribution in [0.2, 0.25) is 0 Å². The summed E-state index contributed by atoms with van der Waals surface area (Å²) in [6, 6.07) is 1.50. The van der Waals surface area contributed by atoms with E-state index in [0.717, 1.165) is 12.0 Å². The smallest absolute Gasteiger partial charge is 0.0259 e. The van der Waals surface area contributed by atoms with Crippen LogP contribution in [-0.4, -0.2) is 25.2 Å². The SMILES string of the molecule is CC1NCCC2CNC21. The van der Waals surface area contributed by atoms with Crippen LogP contribution < -0.4 is 10.6 Å². The summed E-state index contributed by atoms with van der Waals surface area (Å²) in [4.78, 5) is 0. The molecule has 52 valence electrons. The van der Waals surface area contributed by atoms with Gasteiger partial charge >= 0.3 is 0 Å². The quantitative estimate of drug-likeness (QED) is 0.476. The van der Waals surface area contributed by atoms with E-state index < -0.39 is 0 Å². The van der Waals surface area contributed by atoms with Gasteiger partial charge in [0.1, 0.15) is 0 Å². The van der Waals surface area contributed by atoms with E-state index in [1.807, 2.05) is 0 Å². The van der Waals surface area contributed by atoms with Crippen molar-refractivity contribution in [1.82, 2.24) is 10.6 Å². The lowest BCUT2D eigenvalue weighted by molar-refractivity contribution is 0.140. The summed E-state index contributed by atoms with van der Waals surface area (Å²) in [7, 11) is 0. The van der Waals surface area contributed by atoms with Gasteiger partial charge in [0.2, 0.25) is 0 Å². The van der Waals surface area contributed by atoms with E-state index in [1.54, 1.807) is 0 Å². The van der Waals surface area contributed by atoms with Gasteiger partial charge in [0.05, 0.1) is 0 Å². The third-order valence-corrected chi connectivity index (χ3v) is 2.64. The van der Waals surface area contributed by atoms with Gasteiger partial charge in [0, 0.05) is 12.1 Å². The molecule has 2 heteroatoms. The zero-order valence-corrected chi connectivity index (χ0v) is 5.85. The molecule has 2 nitrogen and oxygen atoms in total. The maximum absolute atomic E-state index is 3.45. The highest BCUT2D eigenvalue weighted by Crippen LogP contribution is 2.22. The molecule has 2 aliphatic heterocycles. The van der Waals surface area contributed by atoms with Crippen LogP contribution >= 0.6 is 0 Å². The summed E-state index contributed by atoms with van der Waals surface area (Å²) in [5, 5.41) is 6.89. The summed E-state index contributed by atoms with van der Waals surface area (Å²) in [6.45, 7) is 4.75. The zero-order valence-electron chi connectivity index (χ0n) is 5.85. The minimum absolute atomic E-state index is 0.706. The van der Waals surface area contributed by atoms with E-state index in [4.69, 9.17) is 0 Å². The summed E-state index contributed by atoms with van der Waals surface area (Å²) < 4.78 is 0. The summed E-state index contributed by atoms with van der Waals surface area (Å²) >= 11 is 0. The molecule has 0 bridgehead atoms. The molecule has 2 aliphatic rings. The van der Waals surface area contributed by atoms with Gasteiger partial charge < -0.3 is 10.6 Å². The lowest BCUT2D eigenvalue weighted by atomic mass is 9.81. The number of hydrogen-bond donors (Lipinski definition) is 2. The Morgan fingerprint density at radius 1 is 1.33 bits per heavy atom. The fraction of sp³-hybridized carbons (Fsp3) is 1.00. The van der Waals surface area contributed by atoms with E-state index in [2.05, 4.69) is 17.6 Å². The highest BCUT2D eigenvalue weighted by atomic mass is 15.1. The van der Waals surface area contributed by atoms with Crippen LogP contribution in [0.15, 0.2) is 0 Å². The fourth-order valence-corrected chi connectivity index (χ4v) is 1.91. The van der Waals surface area contributed by atoms with E-state index in [0.29, 0.717) is 6.04 Å². The monoisotopic (exact) mass is 126 g/mol. The van der Waals surface area contributed by atoms with Crippen LogP contribution in [-0.2, 0) is 0 Å². The lowest BCUT2D eigenvalue weighted by Crippen LogP contribution is -2.65. The average molecular weight is 126 g/mol. The Labute approximate surface area is 56.0 Å². The number of nitrogens with one attached hydrogen (secondary N) is 2. The molecule has 2 saturated heterocycles. The van der Waals surface area contributed by atoms with Crippen LogP contribution in [0.3, 0.4) is 0 Å². The van der Waals surface area contributed by atoms with Gasteiger partial charge in [-0.15, -0.1) is 0 Å². The first kappa shape index (κ1) is 5.69. The van der Waals surface area contributed by atoms with Crippen molar-refractivity contribution in [2.24, 2.45) is 5.92 Å². The molecule has 0 saturated carbocycles. The number of hydrogen-bond acceptors (Lipinski definition) is 2. The Hall–Kier alpha value is -0.0800. The summed E-state index contributed by atoms with van der Waals surface area (Å²) in [6.07, 6.45) is 1.38. The maximum atomic E-state index is 3.45. The van der Waals surface area contributed by atoms with E-state index in [9.17, 15) is 0 Å². The van der Waals surface area contributed by atoms with Gasteiger partial charge in [-0.25, -0.2) is 0 Å². The van der Waals surface area contributed by atoms with Crippen molar-refractivity contribution in [2.45, 2.75) is 25.4 Å². The molecule has 0 radical (unpaired) electrons. The van der Waals surface area contributed by atoms with Crippen molar-refractivity contribution in [3.63, 3.8) is 0 Å². The molecule has 3 atom stereocenters. The molecule has 3 unspecified atom stereocenters. The molecular formula is C7H14N2. The minimum Gasteiger partial charge on any atom is -0.313 e. The Balaban J connectivity index is 1.98. The van der Waals surface area contributed by atoms with Gasteiger partial charge in [0.15, 0.2) is 0 Å². The molecule has 0 spiro atoms. The largest absolute Gasteiger partial charge is 0.313 e. The van der Waals surface area contributed by atoms with Gasteiger partial charge in [-0.3, -0.25) is 0 Å². The minimum atomic E-state index is 0.706. The first-order chi connectivity index (χ1) is 4.38. The first-order valence-electron chi connectivity index (χ1n) is 3.84. The highest BCUT2D eigenvalue weighted by Gasteiger charge is 2.36. The van der Waals surface area contributed by atoms with Crippen LogP contribution in [0.25, 0.3) is 0 Å². The standard InChI is InChI=1S/C7H14N2/c1-5-7-6(4-9-7)2-3-8-5/h5-9H,2-4H2,1H3. The van der Waals surface area contributed by atoms with Gasteiger partial charge in [0.25, 0.3) is 0 Å². The Kier molecular flexibility index (Phi) is 1.24. The molecule has 0 amide bonds. The highest BCUT2D eigenvalue weighted by molar-refractivity contribution is 4.97. The molecule has 0 aromatic rings. The van der Waals surface area contributed by atoms with E-state index in [-0.39, 0.29) is 0 Å². The number of fused-ring (bicyclic) bond motifs is 1. The maximum Gasteiger partial charge on any atom is 0.0259 e. The molecule has 0 aromatic heterocycles. The fourth-order valence-electron chi connectivity index (χ4n) is 1.91. The van der Waals surface area contributed by atoms with Crippen molar-refractivity contribution >= 4 is 0 Å². The Morgan fingerprint density at radius 2 is 2.22 bits per heavy atom. The molecule has 0 aliphatic carbocycles. The third-order valence-electron chi connectivity index (χ3n) is 2.64. The second kappa shape index (κ2) is 1.96. The van der Waals surface area contributed by atoms with Crippen molar-refractivity contribution in [3.05, 3.63) is 0 Å². The molecule has 2 heterocycles. The van der Waals surface area contributed by atoms with Crippen LogP contribution in [0.1, 0.15) is 13.3 Å². The molecule has 0 aromatic carbocycles. The van der Waals surface area contributed by atoms with Crippen molar-refractivity contribution in [3.8, 4) is 0 Å². The molecule has 2 rings (SSSR count). The first-order valence-corrected chi connectivity index (χ1v) is 3.84. The van der Waals surface area contributed by atoms with Crippen molar-refractivity contribution in [1.29, 1.82) is 0 Å². The van der Waals surface area contributed by atoms with Crippen LogP contribution in [0, 0.1) is 5.92 Å². The normalized spacial score (nSPS) is 49.7. The van der Waals surface area contributed by atoms with E-state index in [1.165, 1.54) is 19.5 Å². The van der Waals surface area contributed by atoms with Crippen molar-refractivity contribution < 1.29 is 0 Å². The molecule has 2 fully saturated rings. The third kappa shape index (κ3) is 0.775. The Bertz CT molecular complexity index is 107. The summed E-state index contributed by atoms with van der Waals surface area (Å²) in [5.74, 6) is 0.987. The average Bonchev–Trinajstić information content (AvgIpc) is 1.74. The van der Waals surface area contributed by atoms with Gasteiger partial charge in [-0.05, 0) is 32.4 Å². The topological polar surface area (TPSA) is 24.1 Å². The van der Waals surface area contributed by atoms with Crippen LogP contribution in [0.5, 0.6) is 0 Å². The molecular weight excluding hydrogens is 112 g/mol. The Morgan fingerprint density at radius 3 is 2.67 bits per heavy atom. The summed E-state index contributed by atoms with van der Waals surface area (Å²) in [5.41, 5.74) is 0.